The van der Waals surface area contributed by atoms with Gasteiger partial charge in [-0.2, -0.15) is 0 Å². The molecule has 0 saturated heterocycles. The number of ether oxygens (including phenoxy) is 1. The third-order valence-corrected chi connectivity index (χ3v) is 2.86. The maximum Gasteiger partial charge on any atom is 0.119 e. The molecule has 0 aromatic heterocycles. The summed E-state index contributed by atoms with van der Waals surface area (Å²) in [7, 11) is 0. The fraction of sp³-hybridized carbons (Fsp3) is 0.250. The number of aryl methyl sites for hydroxylation is 1. The molecule has 100 valence electrons. The van der Waals surface area contributed by atoms with Gasteiger partial charge in [-0.05, 0) is 43.2 Å². The maximum atomic E-state index is 5.90. The molecule has 0 aliphatic heterocycles. The lowest BCUT2D eigenvalue weighted by molar-refractivity contribution is 0.315. The summed E-state index contributed by atoms with van der Waals surface area (Å²) in [6.07, 6.45) is 0.933. The first kappa shape index (κ1) is 13.3. The Labute approximate surface area is 114 Å². The SMILES string of the molecule is Cc1ccc(N)c(NCCCOc2ccccc2)c1. The van der Waals surface area contributed by atoms with Crippen molar-refractivity contribution in [2.24, 2.45) is 0 Å². The van der Waals surface area contributed by atoms with Crippen LogP contribution in [0.15, 0.2) is 48.5 Å². The van der Waals surface area contributed by atoms with Crippen molar-refractivity contribution in [1.82, 2.24) is 0 Å². The minimum absolute atomic E-state index is 0.697. The zero-order valence-electron chi connectivity index (χ0n) is 11.2. The second kappa shape index (κ2) is 6.69. The van der Waals surface area contributed by atoms with Crippen LogP contribution in [0.1, 0.15) is 12.0 Å². The van der Waals surface area contributed by atoms with E-state index < -0.39 is 0 Å². The number of nitrogen functional groups attached to an aromatic ring is 1. The molecule has 0 saturated carbocycles. The van der Waals surface area contributed by atoms with Gasteiger partial charge in [0.1, 0.15) is 5.75 Å². The Morgan fingerprint density at radius 3 is 2.68 bits per heavy atom. The molecule has 0 radical (unpaired) electrons. The van der Waals surface area contributed by atoms with Gasteiger partial charge in [-0.15, -0.1) is 0 Å². The van der Waals surface area contributed by atoms with Gasteiger partial charge in [0.05, 0.1) is 18.0 Å². The van der Waals surface area contributed by atoms with Crippen LogP contribution in [0.5, 0.6) is 5.75 Å². The average Bonchev–Trinajstić information content (AvgIpc) is 2.43. The molecule has 0 atom stereocenters. The van der Waals surface area contributed by atoms with E-state index in [0.717, 1.165) is 30.1 Å². The maximum absolute atomic E-state index is 5.90. The number of hydrogen-bond acceptors (Lipinski definition) is 3. The molecule has 2 rings (SSSR count). The summed E-state index contributed by atoms with van der Waals surface area (Å²) in [5, 5.41) is 3.34. The highest BCUT2D eigenvalue weighted by atomic mass is 16.5. The molecule has 0 aliphatic rings. The first-order valence-corrected chi connectivity index (χ1v) is 6.53. The van der Waals surface area contributed by atoms with Gasteiger partial charge in [0.2, 0.25) is 0 Å². The summed E-state index contributed by atoms with van der Waals surface area (Å²) in [6.45, 7) is 3.60. The van der Waals surface area contributed by atoms with Crippen molar-refractivity contribution in [2.45, 2.75) is 13.3 Å². The number of benzene rings is 2. The average molecular weight is 256 g/mol. The van der Waals surface area contributed by atoms with Crippen LogP contribution in [0.4, 0.5) is 11.4 Å². The summed E-state index contributed by atoms with van der Waals surface area (Å²) in [5.41, 5.74) is 8.89. The topological polar surface area (TPSA) is 47.3 Å². The van der Waals surface area contributed by atoms with Gasteiger partial charge in [0, 0.05) is 6.54 Å². The molecule has 3 N–H and O–H groups in total. The molecule has 0 heterocycles. The predicted octanol–water partition coefficient (Wildman–Crippen LogP) is 3.46. The Bertz CT molecular complexity index is 511. The monoisotopic (exact) mass is 256 g/mol. The molecule has 0 aliphatic carbocycles. The van der Waals surface area contributed by atoms with Crippen molar-refractivity contribution in [1.29, 1.82) is 0 Å². The molecule has 2 aromatic carbocycles. The number of nitrogens with one attached hydrogen (secondary N) is 1. The number of para-hydroxylation sites is 1. The molecule has 2 aromatic rings. The molecule has 3 heteroatoms. The van der Waals surface area contributed by atoms with Gasteiger partial charge in [0.25, 0.3) is 0 Å². The second-order valence-electron chi connectivity index (χ2n) is 4.53. The van der Waals surface area contributed by atoms with Gasteiger partial charge >= 0.3 is 0 Å². The molecule has 0 bridgehead atoms. The fourth-order valence-electron chi connectivity index (χ4n) is 1.83. The van der Waals surface area contributed by atoms with Crippen LogP contribution in [0, 0.1) is 6.92 Å². The molecular weight excluding hydrogens is 236 g/mol. The number of nitrogens with two attached hydrogens (primary N) is 1. The molecule has 19 heavy (non-hydrogen) atoms. The van der Waals surface area contributed by atoms with Crippen LogP contribution < -0.4 is 15.8 Å². The highest BCUT2D eigenvalue weighted by Crippen LogP contribution is 2.19. The number of rotatable bonds is 6. The minimum atomic E-state index is 0.697. The van der Waals surface area contributed by atoms with E-state index in [1.807, 2.05) is 42.5 Å². The minimum Gasteiger partial charge on any atom is -0.494 e. The standard InChI is InChI=1S/C16H20N2O/c1-13-8-9-15(17)16(12-13)18-10-5-11-19-14-6-3-2-4-7-14/h2-4,6-9,12,18H,5,10-11,17H2,1H3. The Balaban J connectivity index is 1.71. The van der Waals surface area contributed by atoms with E-state index in [4.69, 9.17) is 10.5 Å². The molecule has 0 amide bonds. The summed E-state index contributed by atoms with van der Waals surface area (Å²) in [5.74, 6) is 0.914. The summed E-state index contributed by atoms with van der Waals surface area (Å²) in [4.78, 5) is 0. The molecular formula is C16H20N2O. The molecule has 0 fully saturated rings. The second-order valence-corrected chi connectivity index (χ2v) is 4.53. The molecule has 3 nitrogen and oxygen atoms in total. The van der Waals surface area contributed by atoms with E-state index in [0.29, 0.717) is 6.61 Å². The van der Waals surface area contributed by atoms with E-state index in [1.165, 1.54) is 5.56 Å². The molecule has 0 spiro atoms. The van der Waals surface area contributed by atoms with E-state index in [2.05, 4.69) is 18.3 Å². The van der Waals surface area contributed by atoms with Crippen molar-refractivity contribution in [3.63, 3.8) is 0 Å². The Morgan fingerprint density at radius 2 is 1.89 bits per heavy atom. The van der Waals surface area contributed by atoms with E-state index in [9.17, 15) is 0 Å². The third-order valence-electron chi connectivity index (χ3n) is 2.86. The van der Waals surface area contributed by atoms with Crippen molar-refractivity contribution in [2.75, 3.05) is 24.2 Å². The highest BCUT2D eigenvalue weighted by molar-refractivity contribution is 5.66. The molecule has 0 unspecified atom stereocenters. The smallest absolute Gasteiger partial charge is 0.119 e. The van der Waals surface area contributed by atoms with Gasteiger partial charge < -0.3 is 15.8 Å². The first-order chi connectivity index (χ1) is 9.25. The van der Waals surface area contributed by atoms with Crippen molar-refractivity contribution in [3.8, 4) is 5.75 Å². The lowest BCUT2D eigenvalue weighted by atomic mass is 10.2. The summed E-state index contributed by atoms with van der Waals surface area (Å²) < 4.78 is 5.63. The van der Waals surface area contributed by atoms with Gasteiger partial charge in [-0.3, -0.25) is 0 Å². The highest BCUT2D eigenvalue weighted by Gasteiger charge is 1.98. The lowest BCUT2D eigenvalue weighted by Crippen LogP contribution is -2.08. The van der Waals surface area contributed by atoms with Gasteiger partial charge in [-0.25, -0.2) is 0 Å². The van der Waals surface area contributed by atoms with E-state index in [-0.39, 0.29) is 0 Å². The zero-order chi connectivity index (χ0) is 13.5. The van der Waals surface area contributed by atoms with Crippen LogP contribution in [0.2, 0.25) is 0 Å². The fourth-order valence-corrected chi connectivity index (χ4v) is 1.83. The van der Waals surface area contributed by atoms with Crippen LogP contribution in [-0.4, -0.2) is 13.2 Å². The third kappa shape index (κ3) is 4.21. The first-order valence-electron chi connectivity index (χ1n) is 6.53. The van der Waals surface area contributed by atoms with E-state index in [1.54, 1.807) is 0 Å². The van der Waals surface area contributed by atoms with Crippen LogP contribution in [0.25, 0.3) is 0 Å². The van der Waals surface area contributed by atoms with Crippen molar-refractivity contribution in [3.05, 3.63) is 54.1 Å². The van der Waals surface area contributed by atoms with Gasteiger partial charge in [-0.1, -0.05) is 24.3 Å². The lowest BCUT2D eigenvalue weighted by Gasteiger charge is -2.10. The number of anilines is 2. The van der Waals surface area contributed by atoms with Crippen molar-refractivity contribution < 1.29 is 4.74 Å². The predicted molar refractivity (Wildman–Crippen MR) is 80.6 cm³/mol. The summed E-state index contributed by atoms with van der Waals surface area (Å²) in [6, 6.07) is 15.9. The Morgan fingerprint density at radius 1 is 1.11 bits per heavy atom. The largest absolute Gasteiger partial charge is 0.494 e. The normalized spacial score (nSPS) is 10.2. The zero-order valence-corrected chi connectivity index (χ0v) is 11.2. The van der Waals surface area contributed by atoms with Gasteiger partial charge in [0.15, 0.2) is 0 Å². The Hall–Kier alpha value is -2.16. The van der Waals surface area contributed by atoms with Crippen molar-refractivity contribution >= 4 is 11.4 Å². The Kier molecular flexibility index (Phi) is 4.67. The van der Waals surface area contributed by atoms with Crippen LogP contribution >= 0.6 is 0 Å². The number of hydrogen-bond donors (Lipinski definition) is 2. The summed E-state index contributed by atoms with van der Waals surface area (Å²) >= 11 is 0. The van der Waals surface area contributed by atoms with Crippen LogP contribution in [0.3, 0.4) is 0 Å². The van der Waals surface area contributed by atoms with Crippen LogP contribution in [-0.2, 0) is 0 Å². The van der Waals surface area contributed by atoms with E-state index >= 15 is 0 Å². The quantitative estimate of drug-likeness (QED) is 0.614.